The number of anilines is 1. The Morgan fingerprint density at radius 2 is 1.66 bits per heavy atom. The molecule has 2 N–H and O–H groups in total. The van der Waals surface area contributed by atoms with Gasteiger partial charge in [0, 0.05) is 20.7 Å². The van der Waals surface area contributed by atoms with Gasteiger partial charge in [-0.15, -0.1) is 0 Å². The van der Waals surface area contributed by atoms with Gasteiger partial charge in [-0.2, -0.15) is 5.10 Å². The van der Waals surface area contributed by atoms with E-state index in [9.17, 15) is 18.8 Å². The molecule has 0 aliphatic heterocycles. The molecule has 0 bridgehead atoms. The predicted molar refractivity (Wildman–Crippen MR) is 121 cm³/mol. The van der Waals surface area contributed by atoms with Crippen LogP contribution in [-0.4, -0.2) is 24.0 Å². The second-order valence-electron chi connectivity index (χ2n) is 6.24. The van der Waals surface area contributed by atoms with Crippen LogP contribution in [0.1, 0.15) is 15.9 Å². The van der Waals surface area contributed by atoms with Crippen LogP contribution in [0.3, 0.4) is 0 Å². The Kier molecular flexibility index (Phi) is 7.69. The second kappa shape index (κ2) is 10.7. The molecule has 0 aliphatic rings. The fourth-order valence-corrected chi connectivity index (χ4v) is 2.89. The molecule has 3 aromatic carbocycles. The van der Waals surface area contributed by atoms with Crippen molar-refractivity contribution in [3.05, 3.63) is 93.2 Å². The summed E-state index contributed by atoms with van der Waals surface area (Å²) in [6.07, 6.45) is 1.22. The molecule has 0 atom stereocenters. The molecule has 162 valence electrons. The maximum atomic E-state index is 12.9. The number of hydrogen-bond acceptors (Lipinski definition) is 5. The fourth-order valence-electron chi connectivity index (χ4n) is 2.39. The molecule has 0 radical (unpaired) electrons. The highest BCUT2D eigenvalue weighted by molar-refractivity contribution is 9.10. The molecule has 0 unspecified atom stereocenters. The first-order valence-electron chi connectivity index (χ1n) is 8.99. The lowest BCUT2D eigenvalue weighted by molar-refractivity contribution is -0.136. The molecule has 3 rings (SSSR count). The highest BCUT2D eigenvalue weighted by Crippen LogP contribution is 2.23. The van der Waals surface area contributed by atoms with Crippen LogP contribution >= 0.6 is 27.5 Å². The maximum Gasteiger partial charge on any atom is 0.343 e. The van der Waals surface area contributed by atoms with Crippen LogP contribution in [0.25, 0.3) is 0 Å². The van der Waals surface area contributed by atoms with E-state index in [-0.39, 0.29) is 11.4 Å². The van der Waals surface area contributed by atoms with Crippen LogP contribution in [0.5, 0.6) is 5.75 Å². The number of esters is 1. The van der Waals surface area contributed by atoms with E-state index in [4.69, 9.17) is 16.3 Å². The molecule has 0 saturated heterocycles. The topological polar surface area (TPSA) is 96.9 Å². The van der Waals surface area contributed by atoms with E-state index in [0.29, 0.717) is 20.6 Å². The van der Waals surface area contributed by atoms with Gasteiger partial charge in [-0.3, -0.25) is 9.59 Å². The maximum absolute atomic E-state index is 12.9. The Bertz CT molecular complexity index is 1180. The van der Waals surface area contributed by atoms with E-state index < -0.39 is 23.6 Å². The minimum Gasteiger partial charge on any atom is -0.422 e. The zero-order valence-electron chi connectivity index (χ0n) is 16.1. The summed E-state index contributed by atoms with van der Waals surface area (Å²) in [6, 6.07) is 15.9. The van der Waals surface area contributed by atoms with E-state index in [1.807, 2.05) is 0 Å². The smallest absolute Gasteiger partial charge is 0.343 e. The third-order valence-corrected chi connectivity index (χ3v) is 4.68. The minimum absolute atomic E-state index is 0.182. The van der Waals surface area contributed by atoms with Crippen molar-refractivity contribution < 1.29 is 23.5 Å². The van der Waals surface area contributed by atoms with Crippen molar-refractivity contribution in [1.82, 2.24) is 5.43 Å². The number of benzene rings is 3. The zero-order valence-corrected chi connectivity index (χ0v) is 18.5. The first kappa shape index (κ1) is 23.1. The van der Waals surface area contributed by atoms with Gasteiger partial charge in [-0.05, 0) is 66.7 Å². The van der Waals surface area contributed by atoms with E-state index >= 15 is 0 Å². The van der Waals surface area contributed by atoms with Crippen LogP contribution in [-0.2, 0) is 9.59 Å². The van der Waals surface area contributed by atoms with E-state index in [0.717, 1.165) is 12.1 Å². The average molecular weight is 519 g/mol. The second-order valence-corrected chi connectivity index (χ2v) is 7.59. The highest BCUT2D eigenvalue weighted by atomic mass is 79.9. The number of ether oxygens (including phenoxy) is 1. The van der Waals surface area contributed by atoms with Gasteiger partial charge in [0.2, 0.25) is 0 Å². The van der Waals surface area contributed by atoms with Gasteiger partial charge in [0.05, 0.1) is 11.8 Å². The van der Waals surface area contributed by atoms with Crippen molar-refractivity contribution in [1.29, 1.82) is 0 Å². The Morgan fingerprint density at radius 3 is 2.34 bits per heavy atom. The van der Waals surface area contributed by atoms with E-state index in [2.05, 4.69) is 31.8 Å². The summed E-state index contributed by atoms with van der Waals surface area (Å²) in [5.74, 6) is -2.93. The Morgan fingerprint density at radius 1 is 0.969 bits per heavy atom. The SMILES string of the molecule is O=C(NN=Cc1cc(Br)ccc1OC(=O)c1ccc(Cl)cc1)C(=O)Nc1ccc(F)cc1. The molecule has 7 nitrogen and oxygen atoms in total. The van der Waals surface area contributed by atoms with Gasteiger partial charge < -0.3 is 10.1 Å². The van der Waals surface area contributed by atoms with Crippen molar-refractivity contribution in [2.45, 2.75) is 0 Å². The number of halogens is 3. The largest absolute Gasteiger partial charge is 0.422 e. The van der Waals surface area contributed by atoms with Crippen molar-refractivity contribution in [2.75, 3.05) is 5.32 Å². The third kappa shape index (κ3) is 6.47. The normalized spacial score (nSPS) is 10.6. The van der Waals surface area contributed by atoms with Crippen LogP contribution in [0.4, 0.5) is 10.1 Å². The standard InChI is InChI=1S/C22H14BrClFN3O4/c23-15-3-10-19(32-22(31)13-1-4-16(24)5-2-13)14(11-15)12-26-28-21(30)20(29)27-18-8-6-17(25)7-9-18/h1-12H,(H,27,29)(H,28,30). The predicted octanol–water partition coefficient (Wildman–Crippen LogP) is 4.55. The van der Waals surface area contributed by atoms with Crippen LogP contribution in [0.15, 0.2) is 76.3 Å². The molecule has 32 heavy (non-hydrogen) atoms. The molecule has 10 heteroatoms. The van der Waals surface area contributed by atoms with Crippen molar-refractivity contribution in [3.8, 4) is 5.75 Å². The van der Waals surface area contributed by atoms with E-state index in [1.54, 1.807) is 30.3 Å². The van der Waals surface area contributed by atoms with Crippen LogP contribution in [0.2, 0.25) is 5.02 Å². The number of hydrazone groups is 1. The number of rotatable bonds is 5. The fraction of sp³-hybridized carbons (Fsp3) is 0. The lowest BCUT2D eigenvalue weighted by atomic mass is 10.2. The summed E-state index contributed by atoms with van der Waals surface area (Å²) < 4.78 is 19.0. The first-order valence-corrected chi connectivity index (χ1v) is 10.2. The molecule has 2 amide bonds. The number of nitrogens with one attached hydrogen (secondary N) is 2. The number of carbonyl (C=O) groups excluding carboxylic acids is 3. The number of amides is 2. The monoisotopic (exact) mass is 517 g/mol. The molecule has 0 aliphatic carbocycles. The van der Waals surface area contributed by atoms with Crippen molar-refractivity contribution >= 4 is 57.2 Å². The molecule has 0 saturated carbocycles. The molecule has 3 aromatic rings. The Labute approximate surface area is 195 Å². The van der Waals surface area contributed by atoms with E-state index in [1.165, 1.54) is 30.5 Å². The highest BCUT2D eigenvalue weighted by Gasteiger charge is 2.14. The number of carbonyl (C=O) groups is 3. The van der Waals surface area contributed by atoms with Gasteiger partial charge in [-0.1, -0.05) is 27.5 Å². The Balaban J connectivity index is 1.65. The summed E-state index contributed by atoms with van der Waals surface area (Å²) in [7, 11) is 0. The lowest BCUT2D eigenvalue weighted by Crippen LogP contribution is -2.32. The van der Waals surface area contributed by atoms with Gasteiger partial charge >= 0.3 is 17.8 Å². The summed E-state index contributed by atoms with van der Waals surface area (Å²) in [4.78, 5) is 36.2. The molecule has 0 heterocycles. The summed E-state index contributed by atoms with van der Waals surface area (Å²) in [5, 5.41) is 6.53. The van der Waals surface area contributed by atoms with Gasteiger partial charge in [0.1, 0.15) is 11.6 Å². The molecular weight excluding hydrogens is 505 g/mol. The minimum atomic E-state index is -1.04. The first-order chi connectivity index (χ1) is 15.3. The quantitative estimate of drug-likeness (QED) is 0.170. The molecule has 0 spiro atoms. The number of hydrogen-bond donors (Lipinski definition) is 2. The van der Waals surface area contributed by atoms with Crippen LogP contribution in [0, 0.1) is 5.82 Å². The number of nitrogens with zero attached hydrogens (tertiary/aromatic N) is 1. The van der Waals surface area contributed by atoms with Gasteiger partial charge in [-0.25, -0.2) is 14.6 Å². The van der Waals surface area contributed by atoms with Gasteiger partial charge in [0.25, 0.3) is 0 Å². The summed E-state index contributed by atoms with van der Waals surface area (Å²) in [5.41, 5.74) is 2.98. The lowest BCUT2D eigenvalue weighted by Gasteiger charge is -2.08. The van der Waals surface area contributed by atoms with Crippen molar-refractivity contribution in [3.63, 3.8) is 0 Å². The van der Waals surface area contributed by atoms with Crippen LogP contribution < -0.4 is 15.5 Å². The Hall–Kier alpha value is -3.56. The van der Waals surface area contributed by atoms with Gasteiger partial charge in [0.15, 0.2) is 0 Å². The molecule has 0 fully saturated rings. The summed E-state index contributed by atoms with van der Waals surface area (Å²) in [6.45, 7) is 0. The zero-order chi connectivity index (χ0) is 23.1. The summed E-state index contributed by atoms with van der Waals surface area (Å²) >= 11 is 9.13. The molecular formula is C22H14BrClFN3O4. The average Bonchev–Trinajstić information content (AvgIpc) is 2.77. The van der Waals surface area contributed by atoms with Crippen molar-refractivity contribution in [2.24, 2.45) is 5.10 Å². The molecule has 0 aromatic heterocycles. The third-order valence-electron chi connectivity index (χ3n) is 3.93.